The van der Waals surface area contributed by atoms with E-state index in [1.807, 2.05) is 0 Å². The number of anilines is 2. The number of benzene rings is 1. The van der Waals surface area contributed by atoms with E-state index < -0.39 is 11.6 Å². The van der Waals surface area contributed by atoms with E-state index in [1.54, 1.807) is 0 Å². The highest BCUT2D eigenvalue weighted by atomic mass is 19.2. The monoisotopic (exact) mass is 266 g/mol. The zero-order chi connectivity index (χ0) is 13.6. The van der Waals surface area contributed by atoms with Crippen molar-refractivity contribution >= 4 is 17.3 Å². The Kier molecular flexibility index (Phi) is 2.92. The molecule has 0 spiro atoms. The van der Waals surface area contributed by atoms with Gasteiger partial charge in [0.15, 0.2) is 11.6 Å². The van der Waals surface area contributed by atoms with Crippen molar-refractivity contribution in [3.8, 4) is 0 Å². The van der Waals surface area contributed by atoms with E-state index >= 15 is 0 Å². The van der Waals surface area contributed by atoms with Gasteiger partial charge in [-0.05, 0) is 43.2 Å². The molecule has 5 heteroatoms. The van der Waals surface area contributed by atoms with Crippen LogP contribution in [0.3, 0.4) is 0 Å². The predicted octanol–water partition coefficient (Wildman–Crippen LogP) is 2.92. The Bertz CT molecular complexity index is 532. The van der Waals surface area contributed by atoms with E-state index in [-0.39, 0.29) is 23.2 Å². The molecule has 19 heavy (non-hydrogen) atoms. The third kappa shape index (κ3) is 2.07. The van der Waals surface area contributed by atoms with Crippen molar-refractivity contribution < 1.29 is 13.6 Å². The highest BCUT2D eigenvalue weighted by Crippen LogP contribution is 2.48. The van der Waals surface area contributed by atoms with Gasteiger partial charge in [-0.2, -0.15) is 0 Å². The summed E-state index contributed by atoms with van der Waals surface area (Å²) < 4.78 is 26.8. The van der Waals surface area contributed by atoms with Crippen molar-refractivity contribution in [1.29, 1.82) is 0 Å². The van der Waals surface area contributed by atoms with Gasteiger partial charge in [-0.15, -0.1) is 0 Å². The minimum absolute atomic E-state index is 0.0513. The minimum Gasteiger partial charge on any atom is -0.397 e. The average molecular weight is 266 g/mol. The normalized spacial score (nSPS) is 28.6. The summed E-state index contributed by atoms with van der Waals surface area (Å²) in [5.74, 6) is -1.39. The van der Waals surface area contributed by atoms with Gasteiger partial charge < -0.3 is 11.1 Å². The first-order valence-corrected chi connectivity index (χ1v) is 6.60. The third-order valence-corrected chi connectivity index (χ3v) is 4.45. The number of rotatable bonds is 2. The molecular weight excluding hydrogens is 250 g/mol. The lowest BCUT2D eigenvalue weighted by Crippen LogP contribution is -2.28. The minimum atomic E-state index is -1.09. The number of nitrogens with two attached hydrogens (primary N) is 1. The molecule has 3 nitrogen and oxygen atoms in total. The Labute approximate surface area is 110 Å². The molecule has 0 saturated heterocycles. The smallest absolute Gasteiger partial charge is 0.227 e. The van der Waals surface area contributed by atoms with Gasteiger partial charge in [-0.3, -0.25) is 4.79 Å². The highest BCUT2D eigenvalue weighted by molar-refractivity contribution is 5.95. The van der Waals surface area contributed by atoms with E-state index in [0.717, 1.165) is 25.3 Å². The SMILES string of the molecule is Nc1ccc(F)c(F)c1NC(=O)C1CC2CCC1C2. The number of amides is 1. The van der Waals surface area contributed by atoms with Crippen molar-refractivity contribution in [3.63, 3.8) is 0 Å². The maximum absolute atomic E-state index is 13.6. The lowest BCUT2D eigenvalue weighted by Gasteiger charge is -2.21. The lowest BCUT2D eigenvalue weighted by molar-refractivity contribution is -0.121. The predicted molar refractivity (Wildman–Crippen MR) is 68.3 cm³/mol. The molecule has 2 aliphatic rings. The number of nitrogens with one attached hydrogen (secondary N) is 1. The van der Waals surface area contributed by atoms with Crippen LogP contribution in [-0.4, -0.2) is 5.91 Å². The van der Waals surface area contributed by atoms with Gasteiger partial charge in [-0.1, -0.05) is 6.42 Å². The molecule has 0 radical (unpaired) electrons. The molecule has 0 heterocycles. The van der Waals surface area contributed by atoms with Crippen LogP contribution < -0.4 is 11.1 Å². The first kappa shape index (κ1) is 12.4. The lowest BCUT2D eigenvalue weighted by atomic mass is 9.88. The summed E-state index contributed by atoms with van der Waals surface area (Å²) in [5, 5.41) is 2.47. The third-order valence-electron chi connectivity index (χ3n) is 4.45. The number of carbonyl (C=O) groups excluding carboxylic acids is 1. The zero-order valence-corrected chi connectivity index (χ0v) is 10.5. The van der Waals surface area contributed by atoms with Gasteiger partial charge in [0.05, 0.1) is 5.69 Å². The standard InChI is InChI=1S/C14H16F2N2O/c15-10-3-4-11(17)13(12(10)16)18-14(19)9-6-7-1-2-8(9)5-7/h3-4,7-9H,1-2,5-6,17H2,(H,18,19). The van der Waals surface area contributed by atoms with Crippen molar-refractivity contribution in [2.75, 3.05) is 11.1 Å². The van der Waals surface area contributed by atoms with E-state index in [0.29, 0.717) is 11.8 Å². The molecule has 3 N–H and O–H groups in total. The molecule has 3 unspecified atom stereocenters. The van der Waals surface area contributed by atoms with Crippen LogP contribution in [0.2, 0.25) is 0 Å². The number of carbonyl (C=O) groups is 1. The fourth-order valence-corrected chi connectivity index (χ4v) is 3.47. The molecule has 1 aromatic carbocycles. The molecule has 1 aromatic rings. The number of halogens is 2. The molecule has 3 rings (SSSR count). The van der Waals surface area contributed by atoms with Crippen LogP contribution in [0, 0.1) is 29.4 Å². The summed E-state index contributed by atoms with van der Waals surface area (Å²) >= 11 is 0. The molecule has 102 valence electrons. The van der Waals surface area contributed by atoms with Crippen molar-refractivity contribution in [3.05, 3.63) is 23.8 Å². The summed E-state index contributed by atoms with van der Waals surface area (Å²) in [5.41, 5.74) is 5.41. The van der Waals surface area contributed by atoms with Gasteiger partial charge in [0.2, 0.25) is 5.91 Å². The second kappa shape index (κ2) is 4.47. The van der Waals surface area contributed by atoms with E-state index in [9.17, 15) is 13.6 Å². The van der Waals surface area contributed by atoms with Crippen LogP contribution in [-0.2, 0) is 4.79 Å². The summed E-state index contributed by atoms with van der Waals surface area (Å²) in [6.07, 6.45) is 4.18. The van der Waals surface area contributed by atoms with Crippen molar-refractivity contribution in [1.82, 2.24) is 0 Å². The fraction of sp³-hybridized carbons (Fsp3) is 0.500. The fourth-order valence-electron chi connectivity index (χ4n) is 3.47. The van der Waals surface area contributed by atoms with Crippen LogP contribution >= 0.6 is 0 Å². The summed E-state index contributed by atoms with van der Waals surface area (Å²) in [7, 11) is 0. The molecule has 3 atom stereocenters. The topological polar surface area (TPSA) is 55.1 Å². The Hall–Kier alpha value is -1.65. The quantitative estimate of drug-likeness (QED) is 0.809. The molecule has 2 aliphatic carbocycles. The average Bonchev–Trinajstić information content (AvgIpc) is 3.01. The largest absolute Gasteiger partial charge is 0.397 e. The first-order chi connectivity index (χ1) is 9.06. The maximum Gasteiger partial charge on any atom is 0.227 e. The second-order valence-corrected chi connectivity index (χ2v) is 5.60. The Balaban J connectivity index is 1.78. The van der Waals surface area contributed by atoms with Crippen LogP contribution in [0.5, 0.6) is 0 Å². The maximum atomic E-state index is 13.6. The second-order valence-electron chi connectivity index (χ2n) is 5.60. The molecule has 0 aliphatic heterocycles. The molecule has 2 saturated carbocycles. The van der Waals surface area contributed by atoms with E-state index in [2.05, 4.69) is 5.32 Å². The Morgan fingerprint density at radius 3 is 2.68 bits per heavy atom. The molecule has 2 bridgehead atoms. The Morgan fingerprint density at radius 1 is 1.26 bits per heavy atom. The van der Waals surface area contributed by atoms with Gasteiger partial charge in [0, 0.05) is 5.92 Å². The molecule has 2 fully saturated rings. The highest BCUT2D eigenvalue weighted by Gasteiger charge is 2.43. The molecule has 0 aromatic heterocycles. The van der Waals surface area contributed by atoms with Gasteiger partial charge >= 0.3 is 0 Å². The van der Waals surface area contributed by atoms with Crippen LogP contribution in [0.25, 0.3) is 0 Å². The van der Waals surface area contributed by atoms with Gasteiger partial charge in [0.25, 0.3) is 0 Å². The number of hydrogen-bond acceptors (Lipinski definition) is 2. The van der Waals surface area contributed by atoms with E-state index in [1.165, 1.54) is 12.5 Å². The number of hydrogen-bond donors (Lipinski definition) is 2. The van der Waals surface area contributed by atoms with Crippen LogP contribution in [0.15, 0.2) is 12.1 Å². The Morgan fingerprint density at radius 2 is 2.05 bits per heavy atom. The number of nitrogen functional groups attached to an aromatic ring is 1. The van der Waals surface area contributed by atoms with Gasteiger partial charge in [-0.25, -0.2) is 8.78 Å². The summed E-state index contributed by atoms with van der Waals surface area (Å²) in [6.45, 7) is 0. The van der Waals surface area contributed by atoms with Crippen molar-refractivity contribution in [2.24, 2.45) is 17.8 Å². The number of fused-ring (bicyclic) bond motifs is 2. The first-order valence-electron chi connectivity index (χ1n) is 6.60. The van der Waals surface area contributed by atoms with Crippen LogP contribution in [0.4, 0.5) is 20.2 Å². The van der Waals surface area contributed by atoms with Gasteiger partial charge in [0.1, 0.15) is 5.69 Å². The zero-order valence-electron chi connectivity index (χ0n) is 10.5. The summed E-state index contributed by atoms with van der Waals surface area (Å²) in [4.78, 5) is 12.2. The van der Waals surface area contributed by atoms with Crippen molar-refractivity contribution in [2.45, 2.75) is 25.7 Å². The molecule has 1 amide bonds. The van der Waals surface area contributed by atoms with Crippen LogP contribution in [0.1, 0.15) is 25.7 Å². The summed E-state index contributed by atoms with van der Waals surface area (Å²) in [6, 6.07) is 2.21. The van der Waals surface area contributed by atoms with E-state index in [4.69, 9.17) is 5.73 Å². The molecular formula is C14H16F2N2O.